The molecule has 0 saturated carbocycles. The van der Waals surface area contributed by atoms with E-state index in [0.717, 1.165) is 23.5 Å². The second kappa shape index (κ2) is 6.33. The average Bonchev–Trinajstić information content (AvgIpc) is 2.47. The van der Waals surface area contributed by atoms with Gasteiger partial charge in [-0.1, -0.05) is 35.9 Å². The van der Waals surface area contributed by atoms with Crippen molar-refractivity contribution in [2.75, 3.05) is 12.4 Å². The van der Waals surface area contributed by atoms with Gasteiger partial charge in [0.15, 0.2) is 6.67 Å². The maximum atomic E-state index is 13.1. The number of halogens is 3. The second-order valence-electron chi connectivity index (χ2n) is 4.44. The van der Waals surface area contributed by atoms with E-state index in [0.29, 0.717) is 0 Å². The predicted molar refractivity (Wildman–Crippen MR) is 73.5 cm³/mol. The predicted octanol–water partition coefficient (Wildman–Crippen LogP) is 5.12. The van der Waals surface area contributed by atoms with Crippen LogP contribution in [0.25, 0.3) is 0 Å². The molecule has 1 aliphatic rings. The van der Waals surface area contributed by atoms with E-state index in [-0.39, 0.29) is 5.56 Å². The highest BCUT2D eigenvalue weighted by Crippen LogP contribution is 2.31. The third-order valence-electron chi connectivity index (χ3n) is 2.97. The first-order valence-electron chi connectivity index (χ1n) is 6.13. The summed E-state index contributed by atoms with van der Waals surface area (Å²) in [5.41, 5.74) is 1.09. The number of hydrogen-bond acceptors (Lipinski definition) is 1. The molecule has 0 heterocycles. The maximum absolute atomic E-state index is 13.1. The van der Waals surface area contributed by atoms with Crippen molar-refractivity contribution >= 4 is 11.8 Å². The molecule has 0 atom stereocenters. The Hall–Kier alpha value is -1.16. The van der Waals surface area contributed by atoms with Gasteiger partial charge in [-0.3, -0.25) is 0 Å². The molecule has 0 bridgehead atoms. The zero-order chi connectivity index (χ0) is 13.7. The van der Waals surface area contributed by atoms with Crippen molar-refractivity contribution in [2.24, 2.45) is 0 Å². The molecular formula is C15H15F3S. The van der Waals surface area contributed by atoms with Crippen molar-refractivity contribution in [1.29, 1.82) is 0 Å². The van der Waals surface area contributed by atoms with Crippen LogP contribution in [0, 0.1) is 0 Å². The van der Waals surface area contributed by atoms with Gasteiger partial charge in [0.25, 0.3) is 0 Å². The van der Waals surface area contributed by atoms with Crippen molar-refractivity contribution < 1.29 is 13.2 Å². The Morgan fingerprint density at radius 1 is 1.16 bits per heavy atom. The largest absolute Gasteiger partial charge is 0.301 e. The molecule has 1 aliphatic carbocycles. The summed E-state index contributed by atoms with van der Waals surface area (Å²) in [6.07, 6.45) is 8.39. The van der Waals surface area contributed by atoms with Crippen molar-refractivity contribution in [3.05, 3.63) is 53.6 Å². The van der Waals surface area contributed by atoms with Gasteiger partial charge in [-0.15, -0.1) is 11.8 Å². The van der Waals surface area contributed by atoms with Crippen LogP contribution < -0.4 is 0 Å². The molecule has 102 valence electrons. The summed E-state index contributed by atoms with van der Waals surface area (Å²) in [4.78, 5) is 0.925. The first kappa shape index (κ1) is 14.3. The Morgan fingerprint density at radius 3 is 2.47 bits per heavy atom. The Morgan fingerprint density at radius 2 is 1.89 bits per heavy atom. The number of benzene rings is 1. The first-order valence-corrected chi connectivity index (χ1v) is 7.12. The summed E-state index contributed by atoms with van der Waals surface area (Å²) in [6, 6.07) is 5.86. The molecule has 0 amide bonds. The molecule has 0 saturated heterocycles. The molecule has 0 radical (unpaired) electrons. The van der Waals surface area contributed by atoms with E-state index in [9.17, 15) is 13.2 Å². The quantitative estimate of drug-likeness (QED) is 0.676. The third kappa shape index (κ3) is 3.90. The van der Waals surface area contributed by atoms with E-state index >= 15 is 0 Å². The van der Waals surface area contributed by atoms with Crippen LogP contribution in [0.15, 0.2) is 53.0 Å². The number of alkyl halides is 3. The molecule has 1 aromatic rings. The summed E-state index contributed by atoms with van der Waals surface area (Å²) in [5.74, 6) is -2.51. The molecule has 0 nitrogen and oxygen atoms in total. The Balaban J connectivity index is 1.95. The number of thioether (sulfide) groups is 1. The van der Waals surface area contributed by atoms with Gasteiger partial charge in [-0.2, -0.15) is 8.78 Å². The molecule has 2 rings (SSSR count). The Bertz CT molecular complexity index is 475. The van der Waals surface area contributed by atoms with Crippen LogP contribution in [0.2, 0.25) is 0 Å². The molecular weight excluding hydrogens is 269 g/mol. The summed E-state index contributed by atoms with van der Waals surface area (Å²) in [6.45, 7) is -1.65. The van der Waals surface area contributed by atoms with Crippen molar-refractivity contribution in [1.82, 2.24) is 0 Å². The van der Waals surface area contributed by atoms with Gasteiger partial charge < -0.3 is 0 Å². The van der Waals surface area contributed by atoms with Crippen molar-refractivity contribution in [3.8, 4) is 0 Å². The maximum Gasteiger partial charge on any atom is 0.301 e. The molecule has 0 aliphatic heterocycles. The lowest BCUT2D eigenvalue weighted by Crippen LogP contribution is -2.15. The lowest BCUT2D eigenvalue weighted by atomic mass is 10.1. The highest BCUT2D eigenvalue weighted by Gasteiger charge is 2.31. The smallest absolute Gasteiger partial charge is 0.244 e. The van der Waals surface area contributed by atoms with Gasteiger partial charge in [-0.05, 0) is 25.0 Å². The van der Waals surface area contributed by atoms with Crippen LogP contribution >= 0.6 is 11.8 Å². The fourth-order valence-corrected chi connectivity index (χ4v) is 2.74. The first-order chi connectivity index (χ1) is 9.12. The molecule has 4 heteroatoms. The van der Waals surface area contributed by atoms with E-state index in [4.69, 9.17) is 0 Å². The van der Waals surface area contributed by atoms with E-state index in [2.05, 4.69) is 12.2 Å². The molecule has 0 spiro atoms. The molecule has 0 unspecified atom stereocenters. The molecule has 0 aromatic heterocycles. The fraction of sp³-hybridized carbons (Fsp3) is 0.333. The minimum Gasteiger partial charge on any atom is -0.244 e. The van der Waals surface area contributed by atoms with Crippen LogP contribution in [0.4, 0.5) is 13.2 Å². The highest BCUT2D eigenvalue weighted by atomic mass is 32.2. The molecule has 1 aromatic carbocycles. The average molecular weight is 284 g/mol. The minimum absolute atomic E-state index is 0.265. The standard InChI is InChI=1S/C15H15F3S/c16-11-15(17,18)13-6-8-14(9-7-13)19-10-12-4-2-1-3-5-12/h1-2,4,6-9H,3,5,10-11H2. The number of hydrogen-bond donors (Lipinski definition) is 0. The second-order valence-corrected chi connectivity index (χ2v) is 5.49. The summed E-state index contributed by atoms with van der Waals surface area (Å²) in [7, 11) is 0. The van der Waals surface area contributed by atoms with Gasteiger partial charge in [-0.25, -0.2) is 4.39 Å². The van der Waals surface area contributed by atoms with E-state index in [1.54, 1.807) is 23.9 Å². The third-order valence-corrected chi connectivity index (χ3v) is 4.09. The summed E-state index contributed by atoms with van der Waals surface area (Å²) < 4.78 is 38.4. The normalized spacial score (nSPS) is 15.4. The van der Waals surface area contributed by atoms with E-state index < -0.39 is 12.6 Å². The lowest BCUT2D eigenvalue weighted by Gasteiger charge is -2.13. The van der Waals surface area contributed by atoms with E-state index in [1.807, 2.05) is 6.08 Å². The molecule has 19 heavy (non-hydrogen) atoms. The fourth-order valence-electron chi connectivity index (χ4n) is 1.82. The van der Waals surface area contributed by atoms with Gasteiger partial charge in [0.1, 0.15) is 0 Å². The monoisotopic (exact) mass is 284 g/mol. The number of rotatable bonds is 5. The lowest BCUT2D eigenvalue weighted by molar-refractivity contribution is -0.0281. The van der Waals surface area contributed by atoms with Crippen LogP contribution in [0.3, 0.4) is 0 Å². The van der Waals surface area contributed by atoms with E-state index in [1.165, 1.54) is 17.7 Å². The van der Waals surface area contributed by atoms with Gasteiger partial charge in [0, 0.05) is 16.2 Å². The van der Waals surface area contributed by atoms with Crippen LogP contribution in [-0.2, 0) is 5.92 Å². The summed E-state index contributed by atoms with van der Waals surface area (Å²) >= 11 is 1.61. The van der Waals surface area contributed by atoms with Crippen molar-refractivity contribution in [2.45, 2.75) is 23.7 Å². The van der Waals surface area contributed by atoms with Gasteiger partial charge >= 0.3 is 5.92 Å². The Labute approximate surface area is 115 Å². The van der Waals surface area contributed by atoms with Crippen LogP contribution in [-0.4, -0.2) is 12.4 Å². The zero-order valence-corrected chi connectivity index (χ0v) is 11.2. The zero-order valence-electron chi connectivity index (χ0n) is 10.4. The highest BCUT2D eigenvalue weighted by molar-refractivity contribution is 7.99. The topological polar surface area (TPSA) is 0 Å². The van der Waals surface area contributed by atoms with Crippen LogP contribution in [0.1, 0.15) is 18.4 Å². The molecule has 0 N–H and O–H groups in total. The van der Waals surface area contributed by atoms with Crippen LogP contribution in [0.5, 0.6) is 0 Å². The SMILES string of the molecule is FCC(F)(F)c1ccc(SCC2=CC=CCC2)cc1. The van der Waals surface area contributed by atoms with Gasteiger partial charge in [0.2, 0.25) is 0 Å². The molecule has 0 fully saturated rings. The minimum atomic E-state index is -3.38. The van der Waals surface area contributed by atoms with Crippen molar-refractivity contribution in [3.63, 3.8) is 0 Å². The van der Waals surface area contributed by atoms with Gasteiger partial charge in [0.05, 0.1) is 0 Å². The summed E-state index contributed by atoms with van der Waals surface area (Å²) in [5, 5.41) is 0. The number of allylic oxidation sites excluding steroid dienone is 3. The Kier molecular flexibility index (Phi) is 4.75.